The highest BCUT2D eigenvalue weighted by molar-refractivity contribution is 8.01. The van der Waals surface area contributed by atoms with Crippen LogP contribution < -0.4 is 16.4 Å². The summed E-state index contributed by atoms with van der Waals surface area (Å²) in [6, 6.07) is -0.787. The summed E-state index contributed by atoms with van der Waals surface area (Å²) in [5.74, 6) is -1.27. The Balaban J connectivity index is 1.39. The summed E-state index contributed by atoms with van der Waals surface area (Å²) >= 11 is 5.26. The molecule has 12 nitrogen and oxygen atoms in total. The summed E-state index contributed by atoms with van der Waals surface area (Å²) < 4.78 is 0.641. The smallest absolute Gasteiger partial charge is 0.352 e. The number of rotatable bonds is 10. The van der Waals surface area contributed by atoms with Gasteiger partial charge in [-0.3, -0.25) is 14.5 Å². The molecule has 0 aliphatic carbocycles. The Bertz CT molecular complexity index is 1100. The number of nitrogen functional groups attached to an aromatic ring is 1. The van der Waals surface area contributed by atoms with Gasteiger partial charge in [-0.15, -0.1) is 33.3 Å². The molecule has 6 N–H and O–H groups in total. The van der Waals surface area contributed by atoms with Crippen LogP contribution in [0.4, 0.5) is 10.3 Å². The first kappa shape index (κ1) is 23.7. The van der Waals surface area contributed by atoms with Crippen LogP contribution in [0.25, 0.3) is 0 Å². The Morgan fingerprint density at radius 3 is 2.88 bits per heavy atom. The number of thioether (sulfide) groups is 2. The van der Waals surface area contributed by atoms with E-state index in [0.29, 0.717) is 43.9 Å². The van der Waals surface area contributed by atoms with Gasteiger partial charge in [0, 0.05) is 23.4 Å². The number of fused-ring (bicyclic) bond motifs is 1. The van der Waals surface area contributed by atoms with Crippen molar-refractivity contribution in [2.24, 2.45) is 0 Å². The summed E-state index contributed by atoms with van der Waals surface area (Å²) in [6.45, 7) is 0.332. The van der Waals surface area contributed by atoms with Crippen LogP contribution in [0.1, 0.15) is 5.69 Å². The second-order valence-electron chi connectivity index (χ2n) is 6.88. The number of hydrogen-bond donors (Lipinski definition) is 5. The predicted molar refractivity (Wildman–Crippen MR) is 126 cm³/mol. The van der Waals surface area contributed by atoms with E-state index in [1.54, 1.807) is 5.38 Å². The maximum atomic E-state index is 12.7. The molecule has 2 atom stereocenters. The number of aromatic nitrogens is 3. The molecule has 1 unspecified atom stereocenters. The summed E-state index contributed by atoms with van der Waals surface area (Å²) in [4.78, 5) is 42.3. The maximum Gasteiger partial charge on any atom is 0.352 e. The Labute approximate surface area is 204 Å². The number of carbonyl (C=O) groups excluding carboxylic acids is 2. The van der Waals surface area contributed by atoms with Crippen LogP contribution in [-0.4, -0.2) is 84.2 Å². The van der Waals surface area contributed by atoms with Gasteiger partial charge in [0.1, 0.15) is 17.1 Å². The standard InChI is InChI=1S/C17H19N7O5S4/c18-15-20-8(6-31-15)3-9(26)21-10-12(27)24-11(14(28)29)7(4-30-13(10)24)5-32-17-23-22-16(33-17)19-1-2-25/h6,10,13,25H,1-5H2,(H2,18,20)(H,19,22)(H,21,26)(H,28,29)/t10?,13-/m1/s1. The molecule has 2 aromatic rings. The molecule has 2 aliphatic rings. The largest absolute Gasteiger partial charge is 0.477 e. The first-order chi connectivity index (χ1) is 15.9. The molecule has 0 radical (unpaired) electrons. The molecule has 0 aromatic carbocycles. The number of carboxylic acids is 1. The van der Waals surface area contributed by atoms with Crippen molar-refractivity contribution < 1.29 is 24.6 Å². The monoisotopic (exact) mass is 529 g/mol. The van der Waals surface area contributed by atoms with Crippen LogP contribution in [0.5, 0.6) is 0 Å². The van der Waals surface area contributed by atoms with Gasteiger partial charge in [-0.25, -0.2) is 9.78 Å². The number of nitrogens with one attached hydrogen (secondary N) is 2. The van der Waals surface area contributed by atoms with Crippen molar-refractivity contribution in [3.8, 4) is 0 Å². The summed E-state index contributed by atoms with van der Waals surface area (Å²) in [5.41, 5.74) is 6.65. The third kappa shape index (κ3) is 5.24. The quantitative estimate of drug-likeness (QED) is 0.206. The third-order valence-electron chi connectivity index (χ3n) is 4.64. The highest BCUT2D eigenvalue weighted by atomic mass is 32.2. The Hall–Kier alpha value is -2.40. The number of aliphatic carboxylic acids is 1. The van der Waals surface area contributed by atoms with Crippen molar-refractivity contribution in [3.63, 3.8) is 0 Å². The van der Waals surface area contributed by atoms with Crippen LogP contribution in [0, 0.1) is 0 Å². The lowest BCUT2D eigenvalue weighted by molar-refractivity contribution is -0.150. The van der Waals surface area contributed by atoms with E-state index >= 15 is 0 Å². The van der Waals surface area contributed by atoms with Crippen LogP contribution in [0.3, 0.4) is 0 Å². The van der Waals surface area contributed by atoms with Crippen molar-refractivity contribution in [2.75, 3.05) is 35.7 Å². The van der Waals surface area contributed by atoms with Crippen LogP contribution in [0.15, 0.2) is 21.0 Å². The second kappa shape index (κ2) is 10.3. The van der Waals surface area contributed by atoms with E-state index in [4.69, 9.17) is 10.8 Å². The molecule has 0 spiro atoms. The van der Waals surface area contributed by atoms with E-state index in [9.17, 15) is 19.5 Å². The molecule has 4 heterocycles. The molecule has 0 saturated carbocycles. The molecular formula is C17H19N7O5S4. The zero-order valence-corrected chi connectivity index (χ0v) is 20.2. The summed E-state index contributed by atoms with van der Waals surface area (Å²) in [6.07, 6.45) is -0.00458. The number of aliphatic hydroxyl groups excluding tert-OH is 1. The lowest BCUT2D eigenvalue weighted by atomic mass is 10.0. The zero-order valence-electron chi connectivity index (χ0n) is 16.9. The molecule has 0 bridgehead atoms. The fourth-order valence-corrected chi connectivity index (χ4v) is 7.06. The van der Waals surface area contributed by atoms with E-state index in [0.717, 1.165) is 0 Å². The fourth-order valence-electron chi connectivity index (χ4n) is 3.24. The molecule has 2 aromatic heterocycles. The molecule has 33 heavy (non-hydrogen) atoms. The molecule has 2 aliphatic heterocycles. The number of carboxylic acid groups (broad SMARTS) is 1. The second-order valence-corrected chi connectivity index (χ2v) is 11.1. The van der Waals surface area contributed by atoms with E-state index in [-0.39, 0.29) is 24.6 Å². The number of anilines is 2. The number of carbonyl (C=O) groups is 3. The van der Waals surface area contributed by atoms with Crippen molar-refractivity contribution in [1.29, 1.82) is 0 Å². The number of thiazole rings is 1. The SMILES string of the molecule is Nc1nc(CC(=O)NC2C(=O)N3C(C(=O)O)=C(CSc4nnc(NCCO)s4)CS[C@H]23)cs1. The number of nitrogens with two attached hydrogens (primary N) is 1. The molecule has 2 amide bonds. The molecular weight excluding hydrogens is 510 g/mol. The lowest BCUT2D eigenvalue weighted by Crippen LogP contribution is -2.70. The summed E-state index contributed by atoms with van der Waals surface area (Å²) in [7, 11) is 0. The van der Waals surface area contributed by atoms with E-state index < -0.39 is 23.3 Å². The van der Waals surface area contributed by atoms with Crippen molar-refractivity contribution >= 4 is 74.2 Å². The first-order valence-corrected chi connectivity index (χ1v) is 13.3. The van der Waals surface area contributed by atoms with Crippen LogP contribution in [0.2, 0.25) is 0 Å². The average Bonchev–Trinajstić information content (AvgIpc) is 3.42. The van der Waals surface area contributed by atoms with Gasteiger partial charge >= 0.3 is 5.97 Å². The minimum Gasteiger partial charge on any atom is -0.477 e. The van der Waals surface area contributed by atoms with Gasteiger partial charge in [0.15, 0.2) is 9.47 Å². The number of amides is 2. The van der Waals surface area contributed by atoms with Gasteiger partial charge in [0.25, 0.3) is 5.91 Å². The highest BCUT2D eigenvalue weighted by Gasteiger charge is 2.54. The summed E-state index contributed by atoms with van der Waals surface area (Å²) in [5, 5.41) is 34.4. The van der Waals surface area contributed by atoms with E-state index in [1.807, 2.05) is 0 Å². The molecule has 1 saturated heterocycles. The van der Waals surface area contributed by atoms with E-state index in [2.05, 4.69) is 25.8 Å². The highest BCUT2D eigenvalue weighted by Crippen LogP contribution is 2.42. The van der Waals surface area contributed by atoms with Crippen LogP contribution in [-0.2, 0) is 20.8 Å². The number of nitrogens with zero attached hydrogens (tertiary/aromatic N) is 4. The van der Waals surface area contributed by atoms with Crippen molar-refractivity contribution in [2.45, 2.75) is 22.2 Å². The van der Waals surface area contributed by atoms with Crippen molar-refractivity contribution in [3.05, 3.63) is 22.3 Å². The average molecular weight is 530 g/mol. The van der Waals surface area contributed by atoms with Crippen LogP contribution >= 0.6 is 46.2 Å². The van der Waals surface area contributed by atoms with Gasteiger partial charge in [0.05, 0.1) is 18.7 Å². The Morgan fingerprint density at radius 1 is 1.36 bits per heavy atom. The van der Waals surface area contributed by atoms with Gasteiger partial charge in [-0.1, -0.05) is 23.1 Å². The van der Waals surface area contributed by atoms with Gasteiger partial charge in [-0.05, 0) is 5.57 Å². The molecule has 1 fully saturated rings. The van der Waals surface area contributed by atoms with Gasteiger partial charge in [0.2, 0.25) is 11.0 Å². The lowest BCUT2D eigenvalue weighted by Gasteiger charge is -2.49. The maximum absolute atomic E-state index is 12.7. The number of hydrogen-bond acceptors (Lipinski definition) is 13. The normalized spacial score (nSPS) is 19.8. The zero-order chi connectivity index (χ0) is 23.5. The molecule has 4 rings (SSSR count). The Kier molecular flexibility index (Phi) is 7.38. The van der Waals surface area contributed by atoms with E-state index in [1.165, 1.54) is 51.1 Å². The fraction of sp³-hybridized carbons (Fsp3) is 0.412. The van der Waals surface area contributed by atoms with Crippen molar-refractivity contribution in [1.82, 2.24) is 25.4 Å². The minimum atomic E-state index is -1.19. The molecule has 176 valence electrons. The molecule has 16 heteroatoms. The van der Waals surface area contributed by atoms with Gasteiger partial charge in [-0.2, -0.15) is 0 Å². The predicted octanol–water partition coefficient (Wildman–Crippen LogP) is 0.0544. The van der Waals surface area contributed by atoms with Gasteiger partial charge < -0.3 is 26.6 Å². The number of aliphatic hydroxyl groups is 1. The topological polar surface area (TPSA) is 184 Å². The Morgan fingerprint density at radius 2 is 2.18 bits per heavy atom. The first-order valence-electron chi connectivity index (χ1n) is 9.57. The third-order valence-corrected chi connectivity index (χ3v) is 8.80. The number of β-lactam (4-membered cyclic amide) rings is 1. The minimum absolute atomic E-state index is 0.00458.